The molecule has 0 fully saturated rings. The van der Waals surface area contributed by atoms with Gasteiger partial charge in [-0.3, -0.25) is 0 Å². The van der Waals surface area contributed by atoms with E-state index >= 15 is 0 Å². The van der Waals surface area contributed by atoms with E-state index in [0.29, 0.717) is 11.3 Å². The van der Waals surface area contributed by atoms with Crippen LogP contribution < -0.4 is 0 Å². The van der Waals surface area contributed by atoms with E-state index in [1.807, 2.05) is 18.2 Å². The molecule has 0 N–H and O–H groups in total. The van der Waals surface area contributed by atoms with Crippen molar-refractivity contribution in [3.63, 3.8) is 0 Å². The molecule has 0 bridgehead atoms. The Morgan fingerprint density at radius 3 is 2.63 bits per heavy atom. The van der Waals surface area contributed by atoms with Gasteiger partial charge < -0.3 is 0 Å². The highest BCUT2D eigenvalue weighted by atomic mass is 35.5. The Morgan fingerprint density at radius 2 is 1.85 bits per heavy atom. The molecule has 2 atom stereocenters. The number of fused-ring (bicyclic) bond motifs is 3. The lowest BCUT2D eigenvalue weighted by Gasteiger charge is -2.35. The van der Waals surface area contributed by atoms with Crippen LogP contribution in [0.15, 0.2) is 48.5 Å². The first-order chi connectivity index (χ1) is 13.1. The molecular formula is C24H23ClF2. The van der Waals surface area contributed by atoms with Crippen molar-refractivity contribution in [2.24, 2.45) is 5.92 Å². The Morgan fingerprint density at radius 1 is 1.00 bits per heavy atom. The molecule has 0 saturated heterocycles. The highest BCUT2D eigenvalue weighted by Gasteiger charge is 2.32. The van der Waals surface area contributed by atoms with Crippen LogP contribution >= 0.6 is 11.6 Å². The number of benzene rings is 3. The third kappa shape index (κ3) is 3.36. The van der Waals surface area contributed by atoms with Gasteiger partial charge >= 0.3 is 0 Å². The average molecular weight is 385 g/mol. The second-order valence-electron chi connectivity index (χ2n) is 7.56. The van der Waals surface area contributed by atoms with E-state index in [4.69, 9.17) is 11.6 Å². The van der Waals surface area contributed by atoms with Crippen molar-refractivity contribution >= 4 is 22.4 Å². The van der Waals surface area contributed by atoms with Gasteiger partial charge in [0, 0.05) is 11.3 Å². The summed E-state index contributed by atoms with van der Waals surface area (Å²) < 4.78 is 28.5. The summed E-state index contributed by atoms with van der Waals surface area (Å²) in [7, 11) is 0. The van der Waals surface area contributed by atoms with Gasteiger partial charge in [-0.25, -0.2) is 8.78 Å². The minimum absolute atomic E-state index is 0.125. The zero-order chi connectivity index (χ0) is 19.0. The minimum atomic E-state index is -0.373. The topological polar surface area (TPSA) is 0 Å². The predicted octanol–water partition coefficient (Wildman–Crippen LogP) is 7.66. The molecule has 3 heteroatoms. The fourth-order valence-electron chi connectivity index (χ4n) is 4.65. The largest absolute Gasteiger partial charge is 0.206 e. The number of aryl methyl sites for hydroxylation is 1. The van der Waals surface area contributed by atoms with Crippen LogP contribution in [0.25, 0.3) is 10.8 Å². The van der Waals surface area contributed by atoms with Gasteiger partial charge in [-0.1, -0.05) is 61.7 Å². The van der Waals surface area contributed by atoms with E-state index in [9.17, 15) is 8.78 Å². The average Bonchev–Trinajstić information content (AvgIpc) is 2.68. The van der Waals surface area contributed by atoms with Crippen LogP contribution in [0.1, 0.15) is 55.2 Å². The van der Waals surface area contributed by atoms with Crippen molar-refractivity contribution in [1.29, 1.82) is 0 Å². The van der Waals surface area contributed by atoms with Crippen molar-refractivity contribution in [2.45, 2.75) is 44.9 Å². The summed E-state index contributed by atoms with van der Waals surface area (Å²) in [5.74, 6) is 0.0311. The normalized spacial score (nSPS) is 19.3. The quantitative estimate of drug-likeness (QED) is 0.433. The molecule has 0 heterocycles. The fraction of sp³-hybridized carbons (Fsp3) is 0.333. The summed E-state index contributed by atoms with van der Waals surface area (Å²) >= 11 is 5.92. The Bertz CT molecular complexity index is 980. The molecule has 0 saturated carbocycles. The summed E-state index contributed by atoms with van der Waals surface area (Å²) in [5.41, 5.74) is 3.39. The first-order valence-corrected chi connectivity index (χ1v) is 10.1. The SMILES string of the molecule is CCCC[C@@H]1CCc2c(ccc3c(F)cccc23)[C@H]1c1ccc(Cl)c(F)c1. The Balaban J connectivity index is 1.88. The van der Waals surface area contributed by atoms with Gasteiger partial charge in [0.2, 0.25) is 0 Å². The van der Waals surface area contributed by atoms with Crippen molar-refractivity contribution in [3.05, 3.63) is 81.9 Å². The van der Waals surface area contributed by atoms with Crippen LogP contribution in [-0.2, 0) is 6.42 Å². The molecule has 0 unspecified atom stereocenters. The number of rotatable bonds is 4. The van der Waals surface area contributed by atoms with Gasteiger partial charge in [0.1, 0.15) is 11.6 Å². The Labute approximate surface area is 164 Å². The second-order valence-corrected chi connectivity index (χ2v) is 7.97. The number of hydrogen-bond acceptors (Lipinski definition) is 0. The molecule has 1 aliphatic carbocycles. The molecule has 4 rings (SSSR count). The van der Waals surface area contributed by atoms with Gasteiger partial charge in [0.15, 0.2) is 0 Å². The maximum Gasteiger partial charge on any atom is 0.142 e. The summed E-state index contributed by atoms with van der Waals surface area (Å²) in [6.45, 7) is 2.20. The maximum absolute atomic E-state index is 14.3. The lowest BCUT2D eigenvalue weighted by Crippen LogP contribution is -2.22. The smallest absolute Gasteiger partial charge is 0.142 e. The molecule has 0 aliphatic heterocycles. The Kier molecular flexibility index (Phi) is 5.19. The van der Waals surface area contributed by atoms with E-state index in [1.165, 1.54) is 17.2 Å². The van der Waals surface area contributed by atoms with E-state index in [1.54, 1.807) is 18.2 Å². The van der Waals surface area contributed by atoms with Crippen LogP contribution in [0.3, 0.4) is 0 Å². The van der Waals surface area contributed by atoms with Crippen LogP contribution in [-0.4, -0.2) is 0 Å². The van der Waals surface area contributed by atoms with Gasteiger partial charge in [-0.05, 0) is 65.5 Å². The summed E-state index contributed by atoms with van der Waals surface area (Å²) in [6, 6.07) is 14.4. The molecule has 27 heavy (non-hydrogen) atoms. The lowest BCUT2D eigenvalue weighted by molar-refractivity contribution is 0.372. The lowest BCUT2D eigenvalue weighted by atomic mass is 9.69. The van der Waals surface area contributed by atoms with E-state index in [-0.39, 0.29) is 22.6 Å². The van der Waals surface area contributed by atoms with Gasteiger partial charge in [-0.2, -0.15) is 0 Å². The predicted molar refractivity (Wildman–Crippen MR) is 108 cm³/mol. The third-order valence-electron chi connectivity index (χ3n) is 5.96. The molecule has 3 aromatic rings. The van der Waals surface area contributed by atoms with E-state index < -0.39 is 0 Å². The molecule has 0 amide bonds. The van der Waals surface area contributed by atoms with Crippen molar-refractivity contribution in [2.75, 3.05) is 0 Å². The van der Waals surface area contributed by atoms with Crippen molar-refractivity contribution < 1.29 is 8.78 Å². The molecule has 0 aromatic heterocycles. The molecule has 3 aromatic carbocycles. The Hall–Kier alpha value is -1.93. The van der Waals surface area contributed by atoms with Gasteiger partial charge in [0.05, 0.1) is 5.02 Å². The molecule has 0 nitrogen and oxygen atoms in total. The second kappa shape index (κ2) is 7.59. The summed E-state index contributed by atoms with van der Waals surface area (Å²) in [6.07, 6.45) is 5.41. The van der Waals surface area contributed by atoms with Gasteiger partial charge in [0.25, 0.3) is 0 Å². The van der Waals surface area contributed by atoms with Crippen LogP contribution in [0, 0.1) is 17.6 Å². The monoisotopic (exact) mass is 384 g/mol. The van der Waals surface area contributed by atoms with Crippen LogP contribution in [0.5, 0.6) is 0 Å². The van der Waals surface area contributed by atoms with Crippen molar-refractivity contribution in [3.8, 4) is 0 Å². The molecule has 140 valence electrons. The molecule has 0 radical (unpaired) electrons. The molecular weight excluding hydrogens is 362 g/mol. The highest BCUT2D eigenvalue weighted by Crippen LogP contribution is 2.45. The summed E-state index contributed by atoms with van der Waals surface area (Å²) in [5, 5.41) is 1.81. The van der Waals surface area contributed by atoms with E-state index in [2.05, 4.69) is 13.0 Å². The van der Waals surface area contributed by atoms with Gasteiger partial charge in [-0.15, -0.1) is 0 Å². The minimum Gasteiger partial charge on any atom is -0.206 e. The first kappa shape index (κ1) is 18.4. The number of unbranched alkanes of at least 4 members (excludes halogenated alkanes) is 1. The first-order valence-electron chi connectivity index (χ1n) is 9.75. The van der Waals surface area contributed by atoms with Crippen LogP contribution in [0.2, 0.25) is 5.02 Å². The number of halogens is 3. The zero-order valence-electron chi connectivity index (χ0n) is 15.4. The summed E-state index contributed by atoms with van der Waals surface area (Å²) in [4.78, 5) is 0. The third-order valence-corrected chi connectivity index (χ3v) is 6.27. The van der Waals surface area contributed by atoms with Crippen molar-refractivity contribution in [1.82, 2.24) is 0 Å². The standard InChI is InChI=1S/C24H23ClF2/c1-2-3-5-15-8-10-18-17-6-4-7-22(26)19(17)11-12-20(18)24(15)16-9-13-21(25)23(27)14-16/h4,6-7,9,11-15,24H,2-3,5,8,10H2,1H3/t15-,24-/m1/s1. The van der Waals surface area contributed by atoms with E-state index in [0.717, 1.165) is 43.1 Å². The highest BCUT2D eigenvalue weighted by molar-refractivity contribution is 6.30. The van der Waals surface area contributed by atoms with Crippen LogP contribution in [0.4, 0.5) is 8.78 Å². The fourth-order valence-corrected chi connectivity index (χ4v) is 4.77. The zero-order valence-corrected chi connectivity index (χ0v) is 16.2. The maximum atomic E-state index is 14.3. The molecule has 1 aliphatic rings. The number of hydrogen-bond donors (Lipinski definition) is 0. The molecule has 0 spiro atoms.